The van der Waals surface area contributed by atoms with Crippen molar-refractivity contribution in [1.82, 2.24) is 5.32 Å². The first kappa shape index (κ1) is 16.0. The molecule has 1 N–H and O–H groups in total. The number of hydrogen-bond donors (Lipinski definition) is 1. The van der Waals surface area contributed by atoms with Crippen LogP contribution in [0.4, 0.5) is 0 Å². The molecule has 0 aliphatic carbocycles. The summed E-state index contributed by atoms with van der Waals surface area (Å²) in [5, 5.41) is 2.85. The van der Waals surface area contributed by atoms with Gasteiger partial charge in [-0.05, 0) is 36.8 Å². The Balaban J connectivity index is 1.52. The average molecular weight is 329 g/mol. The summed E-state index contributed by atoms with van der Waals surface area (Å²) < 4.78 is 21.3. The zero-order chi connectivity index (χ0) is 16.9. The van der Waals surface area contributed by atoms with Crippen molar-refractivity contribution >= 4 is 5.91 Å². The summed E-state index contributed by atoms with van der Waals surface area (Å²) >= 11 is 0. The van der Waals surface area contributed by atoms with Gasteiger partial charge in [-0.25, -0.2) is 0 Å². The summed E-state index contributed by atoms with van der Waals surface area (Å²) in [6.07, 6.45) is -0.622. The minimum atomic E-state index is -0.622. The quantitative estimate of drug-likeness (QED) is 0.882. The molecule has 6 nitrogen and oxygen atoms in total. The SMILES string of the molecule is COc1ccc(CNC(=O)[C@H](C)Oc2ccc3c(c2)OCO3)cc1. The molecule has 0 fully saturated rings. The van der Waals surface area contributed by atoms with Crippen molar-refractivity contribution in [2.75, 3.05) is 13.9 Å². The fourth-order valence-corrected chi connectivity index (χ4v) is 2.28. The van der Waals surface area contributed by atoms with Crippen LogP contribution in [0.25, 0.3) is 0 Å². The van der Waals surface area contributed by atoms with Gasteiger partial charge in [0.25, 0.3) is 5.91 Å². The first-order valence-corrected chi connectivity index (χ1v) is 7.62. The second kappa shape index (κ2) is 7.12. The number of carbonyl (C=O) groups is 1. The van der Waals surface area contributed by atoms with Crippen molar-refractivity contribution in [3.63, 3.8) is 0 Å². The summed E-state index contributed by atoms with van der Waals surface area (Å²) in [5.74, 6) is 2.46. The Kier molecular flexibility index (Phi) is 4.74. The van der Waals surface area contributed by atoms with Gasteiger partial charge in [0.15, 0.2) is 17.6 Å². The lowest BCUT2D eigenvalue weighted by Gasteiger charge is -2.15. The third-order valence-electron chi connectivity index (χ3n) is 3.65. The van der Waals surface area contributed by atoms with E-state index in [4.69, 9.17) is 18.9 Å². The highest BCUT2D eigenvalue weighted by Gasteiger charge is 2.18. The first-order chi connectivity index (χ1) is 11.7. The Morgan fingerprint density at radius 1 is 1.12 bits per heavy atom. The van der Waals surface area contributed by atoms with Crippen LogP contribution in [0.3, 0.4) is 0 Å². The molecule has 24 heavy (non-hydrogen) atoms. The molecule has 1 heterocycles. The van der Waals surface area contributed by atoms with Crippen LogP contribution in [0.5, 0.6) is 23.0 Å². The van der Waals surface area contributed by atoms with E-state index in [1.54, 1.807) is 32.2 Å². The fourth-order valence-electron chi connectivity index (χ4n) is 2.28. The van der Waals surface area contributed by atoms with Crippen molar-refractivity contribution in [1.29, 1.82) is 0 Å². The van der Waals surface area contributed by atoms with E-state index in [0.29, 0.717) is 23.8 Å². The molecule has 126 valence electrons. The largest absolute Gasteiger partial charge is 0.497 e. The van der Waals surface area contributed by atoms with E-state index < -0.39 is 6.10 Å². The van der Waals surface area contributed by atoms with Gasteiger partial charge in [0.1, 0.15) is 11.5 Å². The molecule has 0 bridgehead atoms. The molecular formula is C18H19NO5. The third kappa shape index (κ3) is 3.71. The highest BCUT2D eigenvalue weighted by atomic mass is 16.7. The predicted molar refractivity (Wildman–Crippen MR) is 87.5 cm³/mol. The molecule has 1 atom stereocenters. The van der Waals surface area contributed by atoms with E-state index in [9.17, 15) is 4.79 Å². The van der Waals surface area contributed by atoms with Crippen molar-refractivity contribution < 1.29 is 23.7 Å². The van der Waals surface area contributed by atoms with Gasteiger partial charge < -0.3 is 24.3 Å². The van der Waals surface area contributed by atoms with Crippen LogP contribution < -0.4 is 24.3 Å². The van der Waals surface area contributed by atoms with Gasteiger partial charge in [0.05, 0.1) is 7.11 Å². The van der Waals surface area contributed by atoms with E-state index >= 15 is 0 Å². The van der Waals surface area contributed by atoms with Gasteiger partial charge >= 0.3 is 0 Å². The Morgan fingerprint density at radius 2 is 1.83 bits per heavy atom. The van der Waals surface area contributed by atoms with Crippen LogP contribution in [0.2, 0.25) is 0 Å². The van der Waals surface area contributed by atoms with E-state index in [-0.39, 0.29) is 12.7 Å². The Bertz CT molecular complexity index is 714. The number of hydrogen-bond acceptors (Lipinski definition) is 5. The number of rotatable bonds is 6. The maximum atomic E-state index is 12.2. The molecule has 2 aromatic rings. The highest BCUT2D eigenvalue weighted by molar-refractivity contribution is 5.80. The van der Waals surface area contributed by atoms with E-state index in [1.165, 1.54) is 0 Å². The van der Waals surface area contributed by atoms with Gasteiger partial charge in [-0.3, -0.25) is 4.79 Å². The van der Waals surface area contributed by atoms with Crippen LogP contribution in [0.1, 0.15) is 12.5 Å². The van der Waals surface area contributed by atoms with E-state index in [1.807, 2.05) is 24.3 Å². The van der Waals surface area contributed by atoms with Crippen LogP contribution >= 0.6 is 0 Å². The third-order valence-corrected chi connectivity index (χ3v) is 3.65. The summed E-state index contributed by atoms with van der Waals surface area (Å²) in [6, 6.07) is 12.8. The van der Waals surface area contributed by atoms with Crippen molar-refractivity contribution in [2.24, 2.45) is 0 Å². The summed E-state index contributed by atoms with van der Waals surface area (Å²) in [5.41, 5.74) is 0.986. The zero-order valence-corrected chi connectivity index (χ0v) is 13.6. The summed E-state index contributed by atoms with van der Waals surface area (Å²) in [6.45, 7) is 2.34. The van der Waals surface area contributed by atoms with Crippen LogP contribution in [0.15, 0.2) is 42.5 Å². The van der Waals surface area contributed by atoms with Crippen molar-refractivity contribution in [2.45, 2.75) is 19.6 Å². The Hall–Kier alpha value is -2.89. The number of fused-ring (bicyclic) bond motifs is 1. The molecule has 2 aromatic carbocycles. The molecule has 1 amide bonds. The number of carbonyl (C=O) groups excluding carboxylic acids is 1. The van der Waals surface area contributed by atoms with Crippen molar-refractivity contribution in [3.05, 3.63) is 48.0 Å². The molecule has 0 radical (unpaired) electrons. The van der Waals surface area contributed by atoms with Gasteiger partial charge in [0.2, 0.25) is 6.79 Å². The first-order valence-electron chi connectivity index (χ1n) is 7.62. The van der Waals surface area contributed by atoms with Gasteiger partial charge in [-0.15, -0.1) is 0 Å². The molecular weight excluding hydrogens is 310 g/mol. The molecule has 1 aliphatic rings. The molecule has 1 aliphatic heterocycles. The monoisotopic (exact) mass is 329 g/mol. The Morgan fingerprint density at radius 3 is 2.58 bits per heavy atom. The van der Waals surface area contributed by atoms with E-state index in [2.05, 4.69) is 5.32 Å². The molecule has 0 saturated heterocycles. The fraction of sp³-hybridized carbons (Fsp3) is 0.278. The second-order valence-electron chi connectivity index (χ2n) is 5.34. The lowest BCUT2D eigenvalue weighted by molar-refractivity contribution is -0.127. The van der Waals surface area contributed by atoms with Crippen LogP contribution in [-0.4, -0.2) is 25.9 Å². The smallest absolute Gasteiger partial charge is 0.261 e. The van der Waals surface area contributed by atoms with Gasteiger partial charge in [-0.2, -0.15) is 0 Å². The number of methoxy groups -OCH3 is 1. The van der Waals surface area contributed by atoms with Crippen LogP contribution in [-0.2, 0) is 11.3 Å². The molecule has 0 aromatic heterocycles. The summed E-state index contributed by atoms with van der Waals surface area (Å²) in [7, 11) is 1.62. The minimum absolute atomic E-state index is 0.191. The molecule has 0 saturated carbocycles. The Labute approximate surface area is 140 Å². The topological polar surface area (TPSA) is 66.0 Å². The van der Waals surface area contributed by atoms with Gasteiger partial charge in [-0.1, -0.05) is 12.1 Å². The lowest BCUT2D eigenvalue weighted by atomic mass is 10.2. The molecule has 0 spiro atoms. The zero-order valence-electron chi connectivity index (χ0n) is 13.6. The average Bonchev–Trinajstić information content (AvgIpc) is 3.07. The lowest BCUT2D eigenvalue weighted by Crippen LogP contribution is -2.35. The second-order valence-corrected chi connectivity index (χ2v) is 5.34. The van der Waals surface area contributed by atoms with E-state index in [0.717, 1.165) is 11.3 Å². The minimum Gasteiger partial charge on any atom is -0.497 e. The van der Waals surface area contributed by atoms with Crippen molar-refractivity contribution in [3.8, 4) is 23.0 Å². The van der Waals surface area contributed by atoms with Gasteiger partial charge in [0, 0.05) is 12.6 Å². The number of nitrogens with one attached hydrogen (secondary N) is 1. The van der Waals surface area contributed by atoms with Crippen LogP contribution in [0, 0.1) is 0 Å². The standard InChI is InChI=1S/C18H19NO5/c1-12(24-15-7-8-16-17(9-15)23-11-22-16)18(20)19-10-13-3-5-14(21-2)6-4-13/h3-9,12H,10-11H2,1-2H3,(H,19,20)/t12-/m0/s1. The number of benzene rings is 2. The molecule has 3 rings (SSSR count). The number of ether oxygens (including phenoxy) is 4. The molecule has 6 heteroatoms. The molecule has 0 unspecified atom stereocenters. The predicted octanol–water partition coefficient (Wildman–Crippen LogP) is 2.51. The maximum Gasteiger partial charge on any atom is 0.261 e. The normalized spacial score (nSPS) is 13.2. The highest BCUT2D eigenvalue weighted by Crippen LogP contribution is 2.35. The summed E-state index contributed by atoms with van der Waals surface area (Å²) in [4.78, 5) is 12.2. The maximum absolute atomic E-state index is 12.2. The number of amides is 1.